The summed E-state index contributed by atoms with van der Waals surface area (Å²) < 4.78 is 14.0. The van der Waals surface area contributed by atoms with Gasteiger partial charge >= 0.3 is 5.97 Å². The second kappa shape index (κ2) is 6.05. The zero-order valence-corrected chi connectivity index (χ0v) is 12.3. The standard InChI is InChI=1S/C15H13BrFNO2/c1-9-8-11(17)4-7-13(9)14(15(19)20)18-12-5-2-10(16)3-6-12/h2-8,14,18H,1H3,(H,19,20). The van der Waals surface area contributed by atoms with Crippen LogP contribution in [0, 0.1) is 12.7 Å². The maximum Gasteiger partial charge on any atom is 0.330 e. The number of carbonyl (C=O) groups is 1. The number of hydrogen-bond donors (Lipinski definition) is 2. The molecule has 0 bridgehead atoms. The van der Waals surface area contributed by atoms with E-state index in [2.05, 4.69) is 21.2 Å². The first-order valence-corrected chi connectivity index (χ1v) is 6.77. The molecule has 0 amide bonds. The molecule has 3 nitrogen and oxygen atoms in total. The van der Waals surface area contributed by atoms with Crippen LogP contribution in [0.4, 0.5) is 10.1 Å². The van der Waals surface area contributed by atoms with Crippen LogP contribution in [0.1, 0.15) is 17.2 Å². The summed E-state index contributed by atoms with van der Waals surface area (Å²) in [4.78, 5) is 11.4. The van der Waals surface area contributed by atoms with Gasteiger partial charge in [0.1, 0.15) is 5.82 Å². The van der Waals surface area contributed by atoms with Crippen LogP contribution in [-0.4, -0.2) is 11.1 Å². The highest BCUT2D eigenvalue weighted by Crippen LogP contribution is 2.24. The number of aliphatic carboxylic acids is 1. The molecule has 0 aliphatic rings. The number of carboxylic acid groups (broad SMARTS) is 1. The molecule has 1 unspecified atom stereocenters. The molecule has 0 radical (unpaired) electrons. The van der Waals surface area contributed by atoms with Crippen molar-refractivity contribution in [3.63, 3.8) is 0 Å². The third kappa shape index (κ3) is 3.36. The zero-order valence-electron chi connectivity index (χ0n) is 10.7. The van der Waals surface area contributed by atoms with Gasteiger partial charge in [-0.1, -0.05) is 22.0 Å². The molecule has 2 N–H and O–H groups in total. The average molecular weight is 338 g/mol. The van der Waals surface area contributed by atoms with Crippen LogP contribution >= 0.6 is 15.9 Å². The number of nitrogens with one attached hydrogen (secondary N) is 1. The predicted molar refractivity (Wildman–Crippen MR) is 79.3 cm³/mol. The van der Waals surface area contributed by atoms with Crippen molar-refractivity contribution in [1.82, 2.24) is 0 Å². The molecule has 104 valence electrons. The molecule has 2 aromatic carbocycles. The van der Waals surface area contributed by atoms with E-state index in [0.29, 0.717) is 16.8 Å². The lowest BCUT2D eigenvalue weighted by molar-refractivity contribution is -0.138. The van der Waals surface area contributed by atoms with Crippen LogP contribution < -0.4 is 5.32 Å². The molecule has 0 heterocycles. The van der Waals surface area contributed by atoms with Crippen LogP contribution in [0.3, 0.4) is 0 Å². The molecule has 0 saturated heterocycles. The molecule has 2 aromatic rings. The van der Waals surface area contributed by atoms with Gasteiger partial charge in [0.05, 0.1) is 0 Å². The number of rotatable bonds is 4. The largest absolute Gasteiger partial charge is 0.479 e. The van der Waals surface area contributed by atoms with Gasteiger partial charge < -0.3 is 10.4 Å². The summed E-state index contributed by atoms with van der Waals surface area (Å²) in [5.41, 5.74) is 1.83. The molecular formula is C15H13BrFNO2. The number of anilines is 1. The molecule has 20 heavy (non-hydrogen) atoms. The van der Waals surface area contributed by atoms with Gasteiger partial charge in [0.15, 0.2) is 6.04 Å². The Morgan fingerprint density at radius 2 is 1.90 bits per heavy atom. The van der Waals surface area contributed by atoms with E-state index in [1.54, 1.807) is 19.1 Å². The summed E-state index contributed by atoms with van der Waals surface area (Å²) in [5.74, 6) is -1.39. The van der Waals surface area contributed by atoms with Crippen molar-refractivity contribution >= 4 is 27.6 Å². The minimum atomic E-state index is -1.01. The Labute approximate surface area is 124 Å². The van der Waals surface area contributed by atoms with Crippen molar-refractivity contribution in [2.75, 3.05) is 5.32 Å². The highest BCUT2D eigenvalue weighted by atomic mass is 79.9. The van der Waals surface area contributed by atoms with Crippen molar-refractivity contribution in [2.45, 2.75) is 13.0 Å². The van der Waals surface area contributed by atoms with E-state index < -0.39 is 12.0 Å². The number of benzene rings is 2. The topological polar surface area (TPSA) is 49.3 Å². The summed E-state index contributed by atoms with van der Waals surface area (Å²) in [7, 11) is 0. The van der Waals surface area contributed by atoms with Crippen LogP contribution in [0.25, 0.3) is 0 Å². The summed E-state index contributed by atoms with van der Waals surface area (Å²) in [6, 6.07) is 10.4. The van der Waals surface area contributed by atoms with E-state index in [4.69, 9.17) is 0 Å². The van der Waals surface area contributed by atoms with Crippen LogP contribution in [0.2, 0.25) is 0 Å². The third-order valence-corrected chi connectivity index (χ3v) is 3.47. The van der Waals surface area contributed by atoms with Crippen LogP contribution in [0.5, 0.6) is 0 Å². The fraction of sp³-hybridized carbons (Fsp3) is 0.133. The van der Waals surface area contributed by atoms with Gasteiger partial charge in [-0.25, -0.2) is 9.18 Å². The number of hydrogen-bond acceptors (Lipinski definition) is 2. The molecule has 2 rings (SSSR count). The monoisotopic (exact) mass is 337 g/mol. The predicted octanol–water partition coefficient (Wildman–Crippen LogP) is 4.13. The highest BCUT2D eigenvalue weighted by molar-refractivity contribution is 9.10. The van der Waals surface area contributed by atoms with Crippen molar-refractivity contribution in [1.29, 1.82) is 0 Å². The fourth-order valence-electron chi connectivity index (χ4n) is 1.95. The Bertz CT molecular complexity index is 628. The van der Waals surface area contributed by atoms with Crippen LogP contribution in [0.15, 0.2) is 46.9 Å². The summed E-state index contributed by atoms with van der Waals surface area (Å²) in [5, 5.41) is 12.3. The number of aryl methyl sites for hydroxylation is 1. The van der Waals surface area contributed by atoms with Gasteiger partial charge in [0.25, 0.3) is 0 Å². The van der Waals surface area contributed by atoms with Gasteiger partial charge in [-0.15, -0.1) is 0 Å². The lowest BCUT2D eigenvalue weighted by Gasteiger charge is -2.18. The van der Waals surface area contributed by atoms with E-state index in [0.717, 1.165) is 4.47 Å². The summed E-state index contributed by atoms with van der Waals surface area (Å²) in [6.45, 7) is 1.69. The Kier molecular flexibility index (Phi) is 4.39. The molecule has 0 spiro atoms. The summed E-state index contributed by atoms with van der Waals surface area (Å²) >= 11 is 3.32. The van der Waals surface area contributed by atoms with Crippen molar-refractivity contribution in [2.24, 2.45) is 0 Å². The molecule has 0 aliphatic heterocycles. The molecule has 0 aromatic heterocycles. The Morgan fingerprint density at radius 1 is 1.25 bits per heavy atom. The molecule has 0 saturated carbocycles. The number of halogens is 2. The SMILES string of the molecule is Cc1cc(F)ccc1C(Nc1ccc(Br)cc1)C(=O)O. The smallest absolute Gasteiger partial charge is 0.330 e. The Morgan fingerprint density at radius 3 is 2.45 bits per heavy atom. The molecular weight excluding hydrogens is 325 g/mol. The van der Waals surface area contributed by atoms with Gasteiger partial charge in [-0.05, 0) is 54.4 Å². The van der Waals surface area contributed by atoms with Gasteiger partial charge in [0, 0.05) is 10.2 Å². The van der Waals surface area contributed by atoms with E-state index in [9.17, 15) is 14.3 Å². The normalized spacial score (nSPS) is 11.9. The van der Waals surface area contributed by atoms with Crippen molar-refractivity contribution in [3.8, 4) is 0 Å². The minimum Gasteiger partial charge on any atom is -0.479 e. The zero-order chi connectivity index (χ0) is 14.7. The van der Waals surface area contributed by atoms with E-state index in [-0.39, 0.29) is 5.82 Å². The average Bonchev–Trinajstić information content (AvgIpc) is 2.39. The van der Waals surface area contributed by atoms with Gasteiger partial charge in [-0.3, -0.25) is 0 Å². The first kappa shape index (κ1) is 14.5. The molecule has 0 aliphatic carbocycles. The Hall–Kier alpha value is -1.88. The second-order valence-electron chi connectivity index (χ2n) is 4.42. The lowest BCUT2D eigenvalue weighted by atomic mass is 10.0. The Balaban J connectivity index is 2.31. The number of carboxylic acids is 1. The third-order valence-electron chi connectivity index (χ3n) is 2.95. The maximum absolute atomic E-state index is 13.1. The second-order valence-corrected chi connectivity index (χ2v) is 5.34. The van der Waals surface area contributed by atoms with E-state index in [1.165, 1.54) is 18.2 Å². The van der Waals surface area contributed by atoms with Gasteiger partial charge in [-0.2, -0.15) is 0 Å². The maximum atomic E-state index is 13.1. The van der Waals surface area contributed by atoms with E-state index >= 15 is 0 Å². The van der Waals surface area contributed by atoms with Crippen LogP contribution in [-0.2, 0) is 4.79 Å². The first-order chi connectivity index (χ1) is 9.47. The lowest BCUT2D eigenvalue weighted by Crippen LogP contribution is -2.21. The molecule has 0 fully saturated rings. The molecule has 1 atom stereocenters. The quantitative estimate of drug-likeness (QED) is 0.881. The highest BCUT2D eigenvalue weighted by Gasteiger charge is 2.21. The molecule has 5 heteroatoms. The van der Waals surface area contributed by atoms with Crippen molar-refractivity contribution in [3.05, 3.63) is 63.9 Å². The van der Waals surface area contributed by atoms with Gasteiger partial charge in [0.2, 0.25) is 0 Å². The first-order valence-electron chi connectivity index (χ1n) is 5.98. The van der Waals surface area contributed by atoms with E-state index in [1.807, 2.05) is 12.1 Å². The summed E-state index contributed by atoms with van der Waals surface area (Å²) in [6.07, 6.45) is 0. The van der Waals surface area contributed by atoms with Crippen molar-refractivity contribution < 1.29 is 14.3 Å². The minimum absolute atomic E-state index is 0.376. The fourth-order valence-corrected chi connectivity index (χ4v) is 2.21.